The first kappa shape index (κ1) is 23.9. The van der Waals surface area contributed by atoms with Crippen molar-refractivity contribution in [2.45, 2.75) is 52.9 Å². The number of guanidine groups is 1. The third-order valence-electron chi connectivity index (χ3n) is 4.47. The zero-order chi connectivity index (χ0) is 16.9. The lowest BCUT2D eigenvalue weighted by Gasteiger charge is -2.20. The van der Waals surface area contributed by atoms with E-state index < -0.39 is 0 Å². The Balaban J connectivity index is 0.00000529. The van der Waals surface area contributed by atoms with Gasteiger partial charge in [0, 0.05) is 32.8 Å². The topological polar surface area (TPSA) is 59.9 Å². The van der Waals surface area contributed by atoms with Gasteiger partial charge in [0.05, 0.1) is 0 Å². The molecule has 144 valence electrons. The van der Waals surface area contributed by atoms with Crippen molar-refractivity contribution < 1.29 is 5.11 Å². The Hall–Kier alpha value is -0.0800. The highest BCUT2D eigenvalue weighted by atomic mass is 127. The van der Waals surface area contributed by atoms with Crippen LogP contribution >= 0.6 is 24.0 Å². The van der Waals surface area contributed by atoms with E-state index in [-0.39, 0.29) is 30.6 Å². The van der Waals surface area contributed by atoms with Crippen LogP contribution in [0, 0.1) is 11.8 Å². The number of hydrogen-bond acceptors (Lipinski definition) is 3. The number of aliphatic imine (C=N–C) groups is 1. The number of nitrogens with zero attached hydrogens (tertiary/aromatic N) is 2. The fraction of sp³-hybridized carbons (Fsp3) is 0.944. The molecule has 1 aliphatic rings. The molecule has 1 saturated heterocycles. The van der Waals surface area contributed by atoms with Gasteiger partial charge in [-0.3, -0.25) is 4.99 Å². The zero-order valence-electron chi connectivity index (χ0n) is 15.9. The fourth-order valence-corrected chi connectivity index (χ4v) is 3.23. The second kappa shape index (κ2) is 15.2. The number of nitrogens with one attached hydrogen (secondary N) is 2. The molecule has 24 heavy (non-hydrogen) atoms. The predicted molar refractivity (Wildman–Crippen MR) is 114 cm³/mol. The molecule has 1 fully saturated rings. The summed E-state index contributed by atoms with van der Waals surface area (Å²) in [6.45, 7) is 13.2. The van der Waals surface area contributed by atoms with Crippen molar-refractivity contribution in [2.75, 3.05) is 45.9 Å². The van der Waals surface area contributed by atoms with Gasteiger partial charge in [-0.25, -0.2) is 0 Å². The average molecular weight is 454 g/mol. The van der Waals surface area contributed by atoms with E-state index in [0.717, 1.165) is 51.4 Å². The van der Waals surface area contributed by atoms with Gasteiger partial charge >= 0.3 is 0 Å². The fourth-order valence-electron chi connectivity index (χ4n) is 3.23. The van der Waals surface area contributed by atoms with E-state index in [1.165, 1.54) is 25.9 Å². The predicted octanol–water partition coefficient (Wildman–Crippen LogP) is 2.69. The van der Waals surface area contributed by atoms with Crippen molar-refractivity contribution in [3.63, 3.8) is 0 Å². The molecule has 1 aliphatic heterocycles. The van der Waals surface area contributed by atoms with Crippen LogP contribution in [0.3, 0.4) is 0 Å². The Morgan fingerprint density at radius 2 is 1.88 bits per heavy atom. The molecule has 0 radical (unpaired) electrons. The summed E-state index contributed by atoms with van der Waals surface area (Å²) in [6, 6.07) is 0. The summed E-state index contributed by atoms with van der Waals surface area (Å²) in [7, 11) is 0. The zero-order valence-corrected chi connectivity index (χ0v) is 18.2. The molecule has 0 aliphatic carbocycles. The smallest absolute Gasteiger partial charge is 0.191 e. The molecular formula is C18H39IN4O. The highest BCUT2D eigenvalue weighted by Gasteiger charge is 2.14. The van der Waals surface area contributed by atoms with Crippen LogP contribution < -0.4 is 10.6 Å². The van der Waals surface area contributed by atoms with Crippen LogP contribution in [0.2, 0.25) is 0 Å². The van der Waals surface area contributed by atoms with Gasteiger partial charge in [-0.2, -0.15) is 0 Å². The van der Waals surface area contributed by atoms with Gasteiger partial charge < -0.3 is 20.6 Å². The van der Waals surface area contributed by atoms with Crippen LogP contribution in [0.4, 0.5) is 0 Å². The minimum atomic E-state index is 0. The van der Waals surface area contributed by atoms with E-state index in [2.05, 4.69) is 36.3 Å². The summed E-state index contributed by atoms with van der Waals surface area (Å²) < 4.78 is 0. The molecule has 0 aromatic carbocycles. The van der Waals surface area contributed by atoms with E-state index in [1.807, 2.05) is 0 Å². The third-order valence-corrected chi connectivity index (χ3v) is 4.47. The number of likely N-dealkylation sites (tertiary alicyclic amines) is 1. The third kappa shape index (κ3) is 10.7. The molecule has 2 atom stereocenters. The molecule has 2 unspecified atom stereocenters. The van der Waals surface area contributed by atoms with Gasteiger partial charge in [0.2, 0.25) is 0 Å². The van der Waals surface area contributed by atoms with E-state index in [9.17, 15) is 0 Å². The Labute approximate surface area is 166 Å². The summed E-state index contributed by atoms with van der Waals surface area (Å²) in [5.41, 5.74) is 0. The number of halogens is 1. The van der Waals surface area contributed by atoms with Crippen LogP contribution in [-0.4, -0.2) is 61.8 Å². The van der Waals surface area contributed by atoms with Crippen molar-refractivity contribution in [1.29, 1.82) is 0 Å². The maximum absolute atomic E-state index is 9.17. The maximum Gasteiger partial charge on any atom is 0.191 e. The van der Waals surface area contributed by atoms with Crippen molar-refractivity contribution >= 4 is 29.9 Å². The van der Waals surface area contributed by atoms with Crippen LogP contribution in [0.15, 0.2) is 4.99 Å². The van der Waals surface area contributed by atoms with Crippen molar-refractivity contribution in [1.82, 2.24) is 15.5 Å². The van der Waals surface area contributed by atoms with Crippen molar-refractivity contribution in [3.8, 4) is 0 Å². The molecule has 0 aromatic heterocycles. The molecule has 1 heterocycles. The Morgan fingerprint density at radius 1 is 1.17 bits per heavy atom. The van der Waals surface area contributed by atoms with Gasteiger partial charge in [-0.15, -0.1) is 24.0 Å². The minimum absolute atomic E-state index is 0. The van der Waals surface area contributed by atoms with Gasteiger partial charge in [0.1, 0.15) is 0 Å². The summed E-state index contributed by atoms with van der Waals surface area (Å²) in [5.74, 6) is 2.03. The highest BCUT2D eigenvalue weighted by molar-refractivity contribution is 14.0. The van der Waals surface area contributed by atoms with E-state index >= 15 is 0 Å². The Morgan fingerprint density at radius 3 is 2.46 bits per heavy atom. The van der Waals surface area contributed by atoms with Crippen LogP contribution in [0.5, 0.6) is 0 Å². The Bertz CT molecular complexity index is 316. The lowest BCUT2D eigenvalue weighted by Crippen LogP contribution is -2.40. The largest absolute Gasteiger partial charge is 0.396 e. The van der Waals surface area contributed by atoms with E-state index in [1.54, 1.807) is 0 Å². The summed E-state index contributed by atoms with van der Waals surface area (Å²) in [5, 5.41) is 16.0. The number of rotatable bonds is 11. The molecular weight excluding hydrogens is 415 g/mol. The molecule has 0 spiro atoms. The summed E-state index contributed by atoms with van der Waals surface area (Å²) in [4.78, 5) is 7.31. The maximum atomic E-state index is 9.17. The molecule has 5 nitrogen and oxygen atoms in total. The molecule has 0 saturated carbocycles. The number of aliphatic hydroxyl groups excluding tert-OH is 1. The summed E-state index contributed by atoms with van der Waals surface area (Å²) >= 11 is 0. The molecule has 1 rings (SSSR count). The standard InChI is InChI=1S/C18H38N4O.HI/c1-4-8-17(9-12-23)14-21-18(19-5-2)20-13-16(3)15-22-10-6-7-11-22;/h16-17,23H,4-15H2,1-3H3,(H2,19,20,21);1H. The van der Waals surface area contributed by atoms with Crippen LogP contribution in [-0.2, 0) is 0 Å². The second-order valence-corrected chi connectivity index (χ2v) is 6.88. The van der Waals surface area contributed by atoms with E-state index in [4.69, 9.17) is 10.1 Å². The SMILES string of the molecule is CCCC(CCO)CNC(=NCC(C)CN1CCCC1)NCC.I. The second-order valence-electron chi connectivity index (χ2n) is 6.88. The van der Waals surface area contributed by atoms with Crippen LogP contribution in [0.1, 0.15) is 52.9 Å². The molecule has 0 aromatic rings. The van der Waals surface area contributed by atoms with E-state index in [0.29, 0.717) is 11.8 Å². The monoisotopic (exact) mass is 454 g/mol. The quantitative estimate of drug-likeness (QED) is 0.255. The lowest BCUT2D eigenvalue weighted by atomic mass is 10.0. The normalized spacial score (nSPS) is 18.1. The minimum Gasteiger partial charge on any atom is -0.396 e. The highest BCUT2D eigenvalue weighted by Crippen LogP contribution is 2.11. The summed E-state index contributed by atoms with van der Waals surface area (Å²) in [6.07, 6.45) is 5.88. The molecule has 6 heteroatoms. The number of hydrogen-bond donors (Lipinski definition) is 3. The first-order valence-electron chi connectivity index (χ1n) is 9.54. The molecule has 0 bridgehead atoms. The van der Waals surface area contributed by atoms with Gasteiger partial charge in [-0.05, 0) is 57.5 Å². The number of aliphatic hydroxyl groups is 1. The molecule has 0 amide bonds. The van der Waals surface area contributed by atoms with Crippen LogP contribution in [0.25, 0.3) is 0 Å². The Kier molecular flexibility index (Phi) is 15.1. The first-order chi connectivity index (χ1) is 11.2. The first-order valence-corrected chi connectivity index (χ1v) is 9.54. The van der Waals surface area contributed by atoms with Gasteiger partial charge in [0.15, 0.2) is 5.96 Å². The van der Waals surface area contributed by atoms with Gasteiger partial charge in [-0.1, -0.05) is 20.3 Å². The average Bonchev–Trinajstić information content (AvgIpc) is 3.03. The molecule has 3 N–H and O–H groups in total. The van der Waals surface area contributed by atoms with Gasteiger partial charge in [0.25, 0.3) is 0 Å². The lowest BCUT2D eigenvalue weighted by molar-refractivity contribution is 0.251. The van der Waals surface area contributed by atoms with Crippen molar-refractivity contribution in [2.24, 2.45) is 16.8 Å². The van der Waals surface area contributed by atoms with Crippen molar-refractivity contribution in [3.05, 3.63) is 0 Å².